The van der Waals surface area contributed by atoms with Gasteiger partial charge in [-0.05, 0) is 25.5 Å². The van der Waals surface area contributed by atoms with Gasteiger partial charge in [0.05, 0.1) is 5.69 Å². The van der Waals surface area contributed by atoms with E-state index in [4.69, 9.17) is 5.11 Å². The molecule has 0 radical (unpaired) electrons. The molecule has 6 heteroatoms. The molecule has 1 amide bonds. The van der Waals surface area contributed by atoms with Gasteiger partial charge in [0.1, 0.15) is 11.3 Å². The SMILES string of the molecule is Cc1nc2ccccn2c1C(=O)NCCCC(=O)O. The summed E-state index contributed by atoms with van der Waals surface area (Å²) in [6.07, 6.45) is 2.24. The van der Waals surface area contributed by atoms with Crippen molar-refractivity contribution in [2.75, 3.05) is 6.54 Å². The molecule has 0 aromatic carbocycles. The van der Waals surface area contributed by atoms with E-state index < -0.39 is 5.97 Å². The molecule has 0 aliphatic carbocycles. The molecule has 0 spiro atoms. The topological polar surface area (TPSA) is 83.7 Å². The second-order valence-electron chi connectivity index (χ2n) is 4.23. The summed E-state index contributed by atoms with van der Waals surface area (Å²) in [5.41, 5.74) is 1.86. The Kier molecular flexibility index (Phi) is 3.79. The molecular weight excluding hydrogens is 246 g/mol. The largest absolute Gasteiger partial charge is 0.481 e. The molecule has 0 saturated heterocycles. The van der Waals surface area contributed by atoms with Crippen molar-refractivity contribution in [1.82, 2.24) is 14.7 Å². The summed E-state index contributed by atoms with van der Waals surface area (Å²) < 4.78 is 1.72. The highest BCUT2D eigenvalue weighted by atomic mass is 16.4. The number of carbonyl (C=O) groups excluding carboxylic acids is 1. The highest BCUT2D eigenvalue weighted by molar-refractivity contribution is 5.94. The Morgan fingerprint density at radius 1 is 1.42 bits per heavy atom. The normalized spacial score (nSPS) is 10.6. The highest BCUT2D eigenvalue weighted by Crippen LogP contribution is 2.11. The van der Waals surface area contributed by atoms with E-state index in [0.717, 1.165) is 5.65 Å². The molecule has 100 valence electrons. The molecule has 0 atom stereocenters. The van der Waals surface area contributed by atoms with E-state index in [1.54, 1.807) is 17.5 Å². The molecule has 0 saturated carbocycles. The third-order valence-electron chi connectivity index (χ3n) is 2.77. The number of carboxylic acids is 1. The van der Waals surface area contributed by atoms with Gasteiger partial charge in [0, 0.05) is 19.2 Å². The van der Waals surface area contributed by atoms with E-state index in [1.807, 2.05) is 18.2 Å². The molecule has 2 N–H and O–H groups in total. The van der Waals surface area contributed by atoms with E-state index in [9.17, 15) is 9.59 Å². The first-order valence-electron chi connectivity index (χ1n) is 6.03. The van der Waals surface area contributed by atoms with Gasteiger partial charge in [-0.1, -0.05) is 6.07 Å². The Balaban J connectivity index is 2.09. The van der Waals surface area contributed by atoms with Crippen LogP contribution < -0.4 is 5.32 Å². The van der Waals surface area contributed by atoms with Crippen LogP contribution in [-0.2, 0) is 4.79 Å². The predicted molar refractivity (Wildman–Crippen MR) is 69.1 cm³/mol. The number of aliphatic carboxylic acids is 1. The Bertz CT molecular complexity index is 619. The number of amides is 1. The quantitative estimate of drug-likeness (QED) is 0.793. The van der Waals surface area contributed by atoms with Crippen molar-refractivity contribution in [3.8, 4) is 0 Å². The lowest BCUT2D eigenvalue weighted by Gasteiger charge is -2.05. The van der Waals surface area contributed by atoms with Crippen molar-refractivity contribution in [2.45, 2.75) is 19.8 Å². The van der Waals surface area contributed by atoms with Crippen LogP contribution in [0.1, 0.15) is 29.0 Å². The summed E-state index contributed by atoms with van der Waals surface area (Å²) in [5.74, 6) is -1.10. The minimum absolute atomic E-state index is 0.0480. The lowest BCUT2D eigenvalue weighted by Crippen LogP contribution is -2.26. The van der Waals surface area contributed by atoms with E-state index in [1.165, 1.54) is 0 Å². The number of aromatic nitrogens is 2. The molecule has 0 aliphatic rings. The van der Waals surface area contributed by atoms with Crippen LogP contribution in [0.5, 0.6) is 0 Å². The molecular formula is C13H15N3O3. The molecule has 0 aliphatic heterocycles. The first-order chi connectivity index (χ1) is 9.09. The van der Waals surface area contributed by atoms with Crippen LogP contribution in [0.25, 0.3) is 5.65 Å². The number of pyridine rings is 1. The molecule has 19 heavy (non-hydrogen) atoms. The number of carbonyl (C=O) groups is 2. The van der Waals surface area contributed by atoms with Crippen LogP contribution in [0.3, 0.4) is 0 Å². The standard InChI is InChI=1S/C13H15N3O3/c1-9-12(13(19)14-7-4-6-11(17)18)16-8-3-2-5-10(16)15-9/h2-3,5,8H,4,6-7H2,1H3,(H,14,19)(H,17,18). The van der Waals surface area contributed by atoms with Gasteiger partial charge in [-0.15, -0.1) is 0 Å². The maximum atomic E-state index is 12.1. The smallest absolute Gasteiger partial charge is 0.303 e. The zero-order valence-electron chi connectivity index (χ0n) is 10.6. The average molecular weight is 261 g/mol. The number of hydrogen-bond donors (Lipinski definition) is 2. The minimum Gasteiger partial charge on any atom is -0.481 e. The van der Waals surface area contributed by atoms with Crippen LogP contribution in [0, 0.1) is 6.92 Å². The van der Waals surface area contributed by atoms with Gasteiger partial charge in [-0.2, -0.15) is 0 Å². The summed E-state index contributed by atoms with van der Waals surface area (Å²) in [6.45, 7) is 2.11. The van der Waals surface area contributed by atoms with Crippen LogP contribution >= 0.6 is 0 Å². The molecule has 0 bridgehead atoms. The van der Waals surface area contributed by atoms with Gasteiger partial charge in [0.15, 0.2) is 0 Å². The molecule has 0 unspecified atom stereocenters. The summed E-state index contributed by atoms with van der Waals surface area (Å²) in [5, 5.41) is 11.2. The fourth-order valence-electron chi connectivity index (χ4n) is 1.91. The van der Waals surface area contributed by atoms with Crippen molar-refractivity contribution >= 4 is 17.5 Å². The summed E-state index contributed by atoms with van der Waals surface area (Å²) in [7, 11) is 0. The van der Waals surface area contributed by atoms with Crippen molar-refractivity contribution in [3.05, 3.63) is 35.8 Å². The predicted octanol–water partition coefficient (Wildman–Crippen LogP) is 1.24. The maximum absolute atomic E-state index is 12.1. The molecule has 0 fully saturated rings. The van der Waals surface area contributed by atoms with E-state index in [-0.39, 0.29) is 12.3 Å². The van der Waals surface area contributed by atoms with Crippen molar-refractivity contribution in [3.63, 3.8) is 0 Å². The minimum atomic E-state index is -0.861. The van der Waals surface area contributed by atoms with Crippen molar-refractivity contribution in [2.24, 2.45) is 0 Å². The number of fused-ring (bicyclic) bond motifs is 1. The number of nitrogens with zero attached hydrogens (tertiary/aromatic N) is 2. The molecule has 2 heterocycles. The monoisotopic (exact) mass is 261 g/mol. The Labute approximate surface area is 110 Å². The van der Waals surface area contributed by atoms with E-state index >= 15 is 0 Å². The number of nitrogens with one attached hydrogen (secondary N) is 1. The average Bonchev–Trinajstić information content (AvgIpc) is 2.70. The third kappa shape index (κ3) is 2.90. The van der Waals surface area contributed by atoms with Gasteiger partial charge >= 0.3 is 5.97 Å². The van der Waals surface area contributed by atoms with Gasteiger partial charge in [0.2, 0.25) is 0 Å². The molecule has 2 rings (SSSR count). The Morgan fingerprint density at radius 2 is 2.21 bits per heavy atom. The lowest BCUT2D eigenvalue weighted by atomic mass is 10.3. The summed E-state index contributed by atoms with van der Waals surface area (Å²) in [4.78, 5) is 26.7. The van der Waals surface area contributed by atoms with E-state index in [0.29, 0.717) is 24.4 Å². The highest BCUT2D eigenvalue weighted by Gasteiger charge is 2.15. The first kappa shape index (κ1) is 13.1. The second-order valence-corrected chi connectivity index (χ2v) is 4.23. The number of aryl methyl sites for hydroxylation is 1. The third-order valence-corrected chi connectivity index (χ3v) is 2.77. The van der Waals surface area contributed by atoms with Gasteiger partial charge in [-0.25, -0.2) is 4.98 Å². The lowest BCUT2D eigenvalue weighted by molar-refractivity contribution is -0.137. The number of imidazole rings is 1. The second kappa shape index (κ2) is 5.51. The fraction of sp³-hybridized carbons (Fsp3) is 0.308. The summed E-state index contributed by atoms with van der Waals surface area (Å²) in [6, 6.07) is 5.51. The fourth-order valence-corrected chi connectivity index (χ4v) is 1.91. The number of hydrogen-bond acceptors (Lipinski definition) is 3. The van der Waals surface area contributed by atoms with Crippen LogP contribution in [0.4, 0.5) is 0 Å². The van der Waals surface area contributed by atoms with Gasteiger partial charge < -0.3 is 10.4 Å². The van der Waals surface area contributed by atoms with Gasteiger partial charge in [-0.3, -0.25) is 14.0 Å². The van der Waals surface area contributed by atoms with E-state index in [2.05, 4.69) is 10.3 Å². The number of carboxylic acid groups (broad SMARTS) is 1. The van der Waals surface area contributed by atoms with Crippen molar-refractivity contribution < 1.29 is 14.7 Å². The zero-order chi connectivity index (χ0) is 13.8. The van der Waals surface area contributed by atoms with Crippen LogP contribution in [-0.4, -0.2) is 32.9 Å². The Morgan fingerprint density at radius 3 is 2.95 bits per heavy atom. The Hall–Kier alpha value is -2.37. The van der Waals surface area contributed by atoms with Gasteiger partial charge in [0.25, 0.3) is 5.91 Å². The van der Waals surface area contributed by atoms with Crippen molar-refractivity contribution in [1.29, 1.82) is 0 Å². The summed E-state index contributed by atoms with van der Waals surface area (Å²) >= 11 is 0. The molecule has 6 nitrogen and oxygen atoms in total. The van der Waals surface area contributed by atoms with Crippen LogP contribution in [0.15, 0.2) is 24.4 Å². The first-order valence-corrected chi connectivity index (χ1v) is 6.03. The maximum Gasteiger partial charge on any atom is 0.303 e. The zero-order valence-corrected chi connectivity index (χ0v) is 10.6. The molecule has 2 aromatic rings. The number of rotatable bonds is 5. The molecule has 2 aromatic heterocycles. The van der Waals surface area contributed by atoms with Crippen LogP contribution in [0.2, 0.25) is 0 Å².